The van der Waals surface area contributed by atoms with Gasteiger partial charge in [0.25, 0.3) is 0 Å². The van der Waals surface area contributed by atoms with Crippen molar-refractivity contribution in [2.24, 2.45) is 0 Å². The second-order valence-electron chi connectivity index (χ2n) is 3.55. The first kappa shape index (κ1) is 11.5. The van der Waals surface area contributed by atoms with Crippen molar-refractivity contribution in [2.45, 2.75) is 12.8 Å². The minimum atomic E-state index is 0.682. The van der Waals surface area contributed by atoms with Crippen molar-refractivity contribution in [1.29, 1.82) is 0 Å². The highest BCUT2D eigenvalue weighted by molar-refractivity contribution is 5.49. The summed E-state index contributed by atoms with van der Waals surface area (Å²) in [6.07, 6.45) is 6.84. The number of terminal acetylenes is 1. The summed E-state index contributed by atoms with van der Waals surface area (Å²) in [4.78, 5) is 2.05. The molecule has 2 heteroatoms. The maximum atomic E-state index is 5.58. The van der Waals surface area contributed by atoms with Gasteiger partial charge in [0, 0.05) is 32.3 Å². The molecule has 0 aliphatic carbocycles. The molecule has 0 unspecified atom stereocenters. The van der Waals surface area contributed by atoms with Crippen molar-refractivity contribution in [3.63, 3.8) is 0 Å². The molecule has 0 aliphatic rings. The second kappa shape index (κ2) is 5.98. The quantitative estimate of drug-likeness (QED) is 0.538. The first-order valence-electron chi connectivity index (χ1n) is 5.07. The van der Waals surface area contributed by atoms with Crippen LogP contribution >= 0.6 is 0 Å². The number of hydrogen-bond donors (Lipinski definition) is 0. The van der Waals surface area contributed by atoms with Gasteiger partial charge in [-0.25, -0.2) is 0 Å². The zero-order chi connectivity index (χ0) is 11.1. The Morgan fingerprint density at radius 1 is 1.40 bits per heavy atom. The van der Waals surface area contributed by atoms with E-state index >= 15 is 0 Å². The van der Waals surface area contributed by atoms with E-state index in [0.717, 1.165) is 24.3 Å². The predicted octanol–water partition coefficient (Wildman–Crippen LogP) is 2.54. The highest BCUT2D eigenvalue weighted by atomic mass is 16.5. The van der Waals surface area contributed by atoms with Crippen molar-refractivity contribution >= 4 is 5.69 Å². The van der Waals surface area contributed by atoms with Gasteiger partial charge in [-0.3, -0.25) is 0 Å². The van der Waals surface area contributed by atoms with Crippen LogP contribution in [0.1, 0.15) is 12.8 Å². The Morgan fingerprint density at radius 2 is 2.20 bits per heavy atom. The highest BCUT2D eigenvalue weighted by Gasteiger charge is 1.97. The van der Waals surface area contributed by atoms with E-state index in [-0.39, 0.29) is 0 Å². The Balaban J connectivity index is 2.48. The zero-order valence-corrected chi connectivity index (χ0v) is 9.36. The molecule has 0 aliphatic heterocycles. The van der Waals surface area contributed by atoms with Crippen LogP contribution in [0.2, 0.25) is 0 Å². The van der Waals surface area contributed by atoms with Crippen LogP contribution in [-0.2, 0) is 0 Å². The molecule has 0 spiro atoms. The summed E-state index contributed by atoms with van der Waals surface area (Å²) >= 11 is 0. The number of rotatable bonds is 5. The van der Waals surface area contributed by atoms with Crippen LogP contribution in [0.3, 0.4) is 0 Å². The van der Waals surface area contributed by atoms with Crippen LogP contribution in [0, 0.1) is 12.3 Å². The normalized spacial score (nSPS) is 9.40. The monoisotopic (exact) mass is 203 g/mol. The molecule has 0 atom stereocenters. The molecule has 2 nitrogen and oxygen atoms in total. The van der Waals surface area contributed by atoms with Crippen LogP contribution in [0.4, 0.5) is 5.69 Å². The van der Waals surface area contributed by atoms with Gasteiger partial charge < -0.3 is 9.64 Å². The van der Waals surface area contributed by atoms with Crippen LogP contribution in [0.25, 0.3) is 0 Å². The first-order valence-corrected chi connectivity index (χ1v) is 5.07. The predicted molar refractivity (Wildman–Crippen MR) is 64.3 cm³/mol. The van der Waals surface area contributed by atoms with E-state index in [1.807, 2.05) is 43.3 Å². The van der Waals surface area contributed by atoms with E-state index < -0.39 is 0 Å². The van der Waals surface area contributed by atoms with Gasteiger partial charge in [0.2, 0.25) is 0 Å². The molecule has 0 radical (unpaired) electrons. The van der Waals surface area contributed by atoms with E-state index in [4.69, 9.17) is 11.2 Å². The fourth-order valence-corrected chi connectivity index (χ4v) is 1.22. The molecule has 1 aromatic rings. The molecule has 1 rings (SSSR count). The van der Waals surface area contributed by atoms with E-state index in [1.54, 1.807) is 0 Å². The lowest BCUT2D eigenvalue weighted by Crippen LogP contribution is -2.08. The van der Waals surface area contributed by atoms with Crippen LogP contribution in [0.5, 0.6) is 5.75 Å². The van der Waals surface area contributed by atoms with Gasteiger partial charge in [0.05, 0.1) is 6.61 Å². The molecule has 0 aromatic heterocycles. The number of nitrogens with zero attached hydrogens (tertiary/aromatic N) is 1. The van der Waals surface area contributed by atoms with Crippen LogP contribution < -0.4 is 9.64 Å². The lowest BCUT2D eigenvalue weighted by atomic mass is 10.3. The Bertz CT molecular complexity index is 339. The standard InChI is InChI=1S/C13H17NO/c1-4-5-6-10-15-13-9-7-8-12(11-13)14(2)3/h1,7-9,11H,5-6,10H2,2-3H3. The summed E-state index contributed by atoms with van der Waals surface area (Å²) < 4.78 is 5.58. The summed E-state index contributed by atoms with van der Waals surface area (Å²) in [5, 5.41) is 0. The van der Waals surface area contributed by atoms with E-state index in [2.05, 4.69) is 5.92 Å². The summed E-state index contributed by atoms with van der Waals surface area (Å²) in [5.74, 6) is 3.50. The summed E-state index contributed by atoms with van der Waals surface area (Å²) in [7, 11) is 4.02. The molecule has 0 bridgehead atoms. The Labute approximate surface area is 91.9 Å². The average molecular weight is 203 g/mol. The molecular weight excluding hydrogens is 186 g/mol. The van der Waals surface area contributed by atoms with Gasteiger partial charge in [0.1, 0.15) is 5.75 Å². The third-order valence-corrected chi connectivity index (χ3v) is 2.07. The number of hydrogen-bond acceptors (Lipinski definition) is 2. The fraction of sp³-hybridized carbons (Fsp3) is 0.385. The van der Waals surface area contributed by atoms with Crippen LogP contribution in [0.15, 0.2) is 24.3 Å². The molecule has 80 valence electrons. The molecule has 0 saturated heterocycles. The zero-order valence-electron chi connectivity index (χ0n) is 9.36. The topological polar surface area (TPSA) is 12.5 Å². The lowest BCUT2D eigenvalue weighted by Gasteiger charge is -2.13. The smallest absolute Gasteiger partial charge is 0.121 e. The van der Waals surface area contributed by atoms with Gasteiger partial charge in [0.15, 0.2) is 0 Å². The maximum absolute atomic E-state index is 5.58. The second-order valence-corrected chi connectivity index (χ2v) is 3.55. The van der Waals surface area contributed by atoms with Crippen LogP contribution in [-0.4, -0.2) is 20.7 Å². The van der Waals surface area contributed by atoms with Crippen molar-refractivity contribution in [3.05, 3.63) is 24.3 Å². The Kier molecular flexibility index (Phi) is 4.56. The molecule has 0 fully saturated rings. The van der Waals surface area contributed by atoms with Crippen molar-refractivity contribution in [2.75, 3.05) is 25.6 Å². The molecule has 0 heterocycles. The summed E-state index contributed by atoms with van der Waals surface area (Å²) in [6, 6.07) is 8.03. The number of unbranched alkanes of at least 4 members (excludes halogenated alkanes) is 1. The summed E-state index contributed by atoms with van der Waals surface area (Å²) in [5.41, 5.74) is 1.14. The third-order valence-electron chi connectivity index (χ3n) is 2.07. The largest absolute Gasteiger partial charge is 0.493 e. The van der Waals surface area contributed by atoms with E-state index in [1.165, 1.54) is 0 Å². The van der Waals surface area contributed by atoms with Crippen molar-refractivity contribution in [1.82, 2.24) is 0 Å². The number of anilines is 1. The SMILES string of the molecule is C#CCCCOc1cccc(N(C)C)c1. The van der Waals surface area contributed by atoms with Gasteiger partial charge in [-0.1, -0.05) is 6.07 Å². The van der Waals surface area contributed by atoms with Gasteiger partial charge >= 0.3 is 0 Å². The average Bonchev–Trinajstić information content (AvgIpc) is 2.25. The molecule has 0 amide bonds. The Morgan fingerprint density at radius 3 is 2.87 bits per heavy atom. The third kappa shape index (κ3) is 3.95. The first-order chi connectivity index (χ1) is 7.24. The van der Waals surface area contributed by atoms with Crippen molar-refractivity contribution in [3.8, 4) is 18.1 Å². The number of benzene rings is 1. The summed E-state index contributed by atoms with van der Waals surface area (Å²) in [6.45, 7) is 0.682. The number of ether oxygens (including phenoxy) is 1. The molecule has 15 heavy (non-hydrogen) atoms. The maximum Gasteiger partial charge on any atom is 0.121 e. The minimum absolute atomic E-state index is 0.682. The van der Waals surface area contributed by atoms with Crippen molar-refractivity contribution < 1.29 is 4.74 Å². The molecular formula is C13H17NO. The minimum Gasteiger partial charge on any atom is -0.493 e. The van der Waals surface area contributed by atoms with Gasteiger partial charge in [-0.2, -0.15) is 0 Å². The van der Waals surface area contributed by atoms with E-state index in [0.29, 0.717) is 6.61 Å². The Hall–Kier alpha value is -1.62. The highest BCUT2D eigenvalue weighted by Crippen LogP contribution is 2.19. The van der Waals surface area contributed by atoms with Gasteiger partial charge in [-0.15, -0.1) is 12.3 Å². The molecule has 1 aromatic carbocycles. The van der Waals surface area contributed by atoms with E-state index in [9.17, 15) is 0 Å². The van der Waals surface area contributed by atoms with Gasteiger partial charge in [-0.05, 0) is 18.6 Å². The lowest BCUT2D eigenvalue weighted by molar-refractivity contribution is 0.313. The molecule has 0 saturated carbocycles. The molecule has 0 N–H and O–H groups in total. The fourth-order valence-electron chi connectivity index (χ4n) is 1.22.